The van der Waals surface area contributed by atoms with Crippen molar-refractivity contribution in [2.45, 2.75) is 25.9 Å². The molecule has 0 bridgehead atoms. The van der Waals surface area contributed by atoms with Gasteiger partial charge in [-0.25, -0.2) is 0 Å². The van der Waals surface area contributed by atoms with Crippen LogP contribution in [0.5, 0.6) is 0 Å². The van der Waals surface area contributed by atoms with E-state index in [-0.39, 0.29) is 5.60 Å². The van der Waals surface area contributed by atoms with Gasteiger partial charge in [0.25, 0.3) is 0 Å². The zero-order valence-corrected chi connectivity index (χ0v) is 8.73. The highest BCUT2D eigenvalue weighted by Gasteiger charge is 2.27. The maximum absolute atomic E-state index is 5.38. The fourth-order valence-corrected chi connectivity index (χ4v) is 1.73. The number of ether oxygens (including phenoxy) is 1. The van der Waals surface area contributed by atoms with Gasteiger partial charge in [-0.05, 0) is 26.3 Å². The Balaban J connectivity index is 2.87. The van der Waals surface area contributed by atoms with E-state index in [2.05, 4.69) is 41.9 Å². The van der Waals surface area contributed by atoms with Crippen molar-refractivity contribution in [1.82, 2.24) is 0 Å². The molecule has 1 nitrogen and oxygen atoms in total. The van der Waals surface area contributed by atoms with Crippen LogP contribution in [0.15, 0.2) is 22.2 Å². The largest absolute Gasteiger partial charge is 0.373 e. The van der Waals surface area contributed by atoms with E-state index in [9.17, 15) is 0 Å². The summed E-state index contributed by atoms with van der Waals surface area (Å²) in [6, 6.07) is 0. The Morgan fingerprint density at radius 3 is 2.73 bits per heavy atom. The average molecular weight is 217 g/mol. The lowest BCUT2D eigenvalue weighted by molar-refractivity contribution is 0.0476. The molecule has 0 aromatic rings. The fourth-order valence-electron chi connectivity index (χ4n) is 1.05. The molecule has 11 heavy (non-hydrogen) atoms. The quantitative estimate of drug-likeness (QED) is 0.655. The minimum absolute atomic E-state index is 0.139. The summed E-state index contributed by atoms with van der Waals surface area (Å²) >= 11 is 3.51. The molecule has 1 atom stereocenters. The first kappa shape index (κ1) is 9.01. The van der Waals surface area contributed by atoms with Crippen molar-refractivity contribution in [3.05, 3.63) is 22.2 Å². The zero-order valence-electron chi connectivity index (χ0n) is 7.15. The molecule has 0 aromatic heterocycles. The lowest BCUT2D eigenvalue weighted by Crippen LogP contribution is -2.28. The Morgan fingerprint density at radius 2 is 2.27 bits per heavy atom. The lowest BCUT2D eigenvalue weighted by Gasteiger charge is -2.29. The van der Waals surface area contributed by atoms with Crippen LogP contribution in [0.2, 0.25) is 0 Å². The molecule has 1 rings (SSSR count). The minimum atomic E-state index is -0.139. The van der Waals surface area contributed by atoms with E-state index in [0.29, 0.717) is 0 Å². The van der Waals surface area contributed by atoms with E-state index in [1.807, 2.05) is 0 Å². The first-order valence-electron chi connectivity index (χ1n) is 3.68. The highest BCUT2D eigenvalue weighted by Crippen LogP contribution is 2.34. The van der Waals surface area contributed by atoms with E-state index in [0.717, 1.165) is 10.9 Å². The topological polar surface area (TPSA) is 9.23 Å². The molecule has 0 amide bonds. The maximum atomic E-state index is 5.38. The van der Waals surface area contributed by atoms with Crippen molar-refractivity contribution in [2.24, 2.45) is 0 Å². The van der Waals surface area contributed by atoms with Crippen LogP contribution < -0.4 is 0 Å². The van der Waals surface area contributed by atoms with E-state index in [1.54, 1.807) is 7.11 Å². The van der Waals surface area contributed by atoms with Crippen molar-refractivity contribution in [2.75, 3.05) is 7.11 Å². The van der Waals surface area contributed by atoms with E-state index < -0.39 is 0 Å². The second kappa shape index (κ2) is 3.11. The summed E-state index contributed by atoms with van der Waals surface area (Å²) in [4.78, 5) is 0. The van der Waals surface area contributed by atoms with Gasteiger partial charge in [-0.3, -0.25) is 0 Å². The first-order valence-corrected chi connectivity index (χ1v) is 4.47. The molecule has 1 unspecified atom stereocenters. The molecule has 62 valence electrons. The Labute approximate surface area is 76.3 Å². The third kappa shape index (κ3) is 1.74. The van der Waals surface area contributed by atoms with Crippen molar-refractivity contribution in [1.29, 1.82) is 0 Å². The van der Waals surface area contributed by atoms with Crippen LogP contribution in [0.1, 0.15) is 20.3 Å². The average Bonchev–Trinajstić information content (AvgIpc) is 1.98. The van der Waals surface area contributed by atoms with Crippen LogP contribution in [-0.4, -0.2) is 12.7 Å². The number of allylic oxidation sites excluding steroid dienone is 2. The van der Waals surface area contributed by atoms with Gasteiger partial charge in [-0.1, -0.05) is 27.6 Å². The van der Waals surface area contributed by atoms with Gasteiger partial charge < -0.3 is 4.74 Å². The summed E-state index contributed by atoms with van der Waals surface area (Å²) in [5, 5.41) is 0. The molecule has 2 heteroatoms. The van der Waals surface area contributed by atoms with E-state index >= 15 is 0 Å². The Bertz CT molecular complexity index is 218. The summed E-state index contributed by atoms with van der Waals surface area (Å²) in [6.07, 6.45) is 5.24. The van der Waals surface area contributed by atoms with Gasteiger partial charge in [0.15, 0.2) is 0 Å². The van der Waals surface area contributed by atoms with Crippen LogP contribution in [0.3, 0.4) is 0 Å². The number of rotatable bonds is 1. The third-order valence-electron chi connectivity index (χ3n) is 2.12. The number of methoxy groups -OCH3 is 1. The SMILES string of the molecule is COC1(C)CC=C(C)C=C1Br. The van der Waals surface area contributed by atoms with Crippen LogP contribution in [0.4, 0.5) is 0 Å². The summed E-state index contributed by atoms with van der Waals surface area (Å²) < 4.78 is 6.51. The molecule has 0 fully saturated rings. The molecular weight excluding hydrogens is 204 g/mol. The second-order valence-electron chi connectivity index (χ2n) is 3.08. The maximum Gasteiger partial charge on any atom is 0.0998 e. The van der Waals surface area contributed by atoms with Crippen molar-refractivity contribution >= 4 is 15.9 Å². The molecule has 0 spiro atoms. The zero-order chi connectivity index (χ0) is 8.48. The highest BCUT2D eigenvalue weighted by atomic mass is 79.9. The van der Waals surface area contributed by atoms with Gasteiger partial charge in [-0.2, -0.15) is 0 Å². The summed E-state index contributed by atoms with van der Waals surface area (Å²) in [7, 11) is 1.74. The highest BCUT2D eigenvalue weighted by molar-refractivity contribution is 9.11. The smallest absolute Gasteiger partial charge is 0.0998 e. The van der Waals surface area contributed by atoms with Gasteiger partial charge in [0.05, 0.1) is 5.60 Å². The Morgan fingerprint density at radius 1 is 1.64 bits per heavy atom. The van der Waals surface area contributed by atoms with Crippen molar-refractivity contribution < 1.29 is 4.74 Å². The van der Waals surface area contributed by atoms with E-state index in [1.165, 1.54) is 5.57 Å². The lowest BCUT2D eigenvalue weighted by atomic mass is 9.94. The molecule has 0 saturated heterocycles. The number of hydrogen-bond acceptors (Lipinski definition) is 1. The molecule has 1 aliphatic carbocycles. The van der Waals surface area contributed by atoms with Crippen LogP contribution >= 0.6 is 15.9 Å². The Hall–Kier alpha value is -0.0800. The predicted molar refractivity (Wildman–Crippen MR) is 50.8 cm³/mol. The normalized spacial score (nSPS) is 31.3. The predicted octanol–water partition coefficient (Wildman–Crippen LogP) is 3.02. The molecule has 0 N–H and O–H groups in total. The molecular formula is C9H13BrO. The molecule has 0 saturated carbocycles. The van der Waals surface area contributed by atoms with Crippen LogP contribution in [0.25, 0.3) is 0 Å². The second-order valence-corrected chi connectivity index (χ2v) is 3.93. The Kier molecular flexibility index (Phi) is 2.55. The number of hydrogen-bond donors (Lipinski definition) is 0. The van der Waals surface area contributed by atoms with E-state index in [4.69, 9.17) is 4.74 Å². The molecule has 1 aliphatic rings. The summed E-state index contributed by atoms with van der Waals surface area (Å²) in [5.41, 5.74) is 1.16. The minimum Gasteiger partial charge on any atom is -0.373 e. The third-order valence-corrected chi connectivity index (χ3v) is 3.19. The molecule has 0 aliphatic heterocycles. The molecule has 0 radical (unpaired) electrons. The van der Waals surface area contributed by atoms with Crippen LogP contribution in [-0.2, 0) is 4.74 Å². The summed E-state index contributed by atoms with van der Waals surface area (Å²) in [5.74, 6) is 0. The summed E-state index contributed by atoms with van der Waals surface area (Å²) in [6.45, 7) is 4.17. The molecule has 0 aromatic carbocycles. The first-order chi connectivity index (χ1) is 5.08. The van der Waals surface area contributed by atoms with Gasteiger partial charge in [0.1, 0.15) is 0 Å². The van der Waals surface area contributed by atoms with Crippen LogP contribution in [0, 0.1) is 0 Å². The standard InChI is InChI=1S/C9H13BrO/c1-7-4-5-9(2,11-3)8(10)6-7/h4,6H,5H2,1-3H3. The number of halogens is 1. The van der Waals surface area contributed by atoms with Gasteiger partial charge in [-0.15, -0.1) is 0 Å². The van der Waals surface area contributed by atoms with Crippen molar-refractivity contribution in [3.8, 4) is 0 Å². The van der Waals surface area contributed by atoms with Gasteiger partial charge >= 0.3 is 0 Å². The molecule has 0 heterocycles. The monoisotopic (exact) mass is 216 g/mol. The fraction of sp³-hybridized carbons (Fsp3) is 0.556. The van der Waals surface area contributed by atoms with Gasteiger partial charge in [0, 0.05) is 11.6 Å². The van der Waals surface area contributed by atoms with Crippen molar-refractivity contribution in [3.63, 3.8) is 0 Å². The van der Waals surface area contributed by atoms with Gasteiger partial charge in [0.2, 0.25) is 0 Å².